The summed E-state index contributed by atoms with van der Waals surface area (Å²) in [6, 6.07) is 4.72. The van der Waals surface area contributed by atoms with Gasteiger partial charge in [0.15, 0.2) is 0 Å². The first-order chi connectivity index (χ1) is 11.4. The number of hydrogen-bond donors (Lipinski definition) is 1. The molecule has 2 aromatic rings. The van der Waals surface area contributed by atoms with Crippen LogP contribution in [0.4, 0.5) is 0 Å². The Hall–Kier alpha value is -1.75. The van der Waals surface area contributed by atoms with E-state index in [1.54, 1.807) is 6.33 Å². The molecule has 0 spiro atoms. The van der Waals surface area contributed by atoms with Crippen molar-refractivity contribution in [2.45, 2.75) is 77.4 Å². The summed E-state index contributed by atoms with van der Waals surface area (Å²) in [4.78, 5) is 9.07. The van der Waals surface area contributed by atoms with Gasteiger partial charge in [-0.25, -0.2) is 9.67 Å². The van der Waals surface area contributed by atoms with Crippen LogP contribution in [-0.4, -0.2) is 25.8 Å². The quantitative estimate of drug-likeness (QED) is 0.933. The Bertz CT molecular complexity index is 670. The number of aryl methyl sites for hydroxylation is 1. The standard InChI is InChI=1S/C19H29N5/c1-14-7-6-10-20-18(14)15-8-5-9-16(11-15)21-12-17-22-13-23-24(17)19(2,3)4/h6-7,10,13,15-16,21H,5,8-9,11-12H2,1-4H3/t15-,16+/m1/s1. The summed E-state index contributed by atoms with van der Waals surface area (Å²) in [5, 5.41) is 8.09. The normalized spacial score (nSPS) is 21.8. The smallest absolute Gasteiger partial charge is 0.141 e. The predicted octanol–water partition coefficient (Wildman–Crippen LogP) is 3.55. The van der Waals surface area contributed by atoms with Gasteiger partial charge in [0.1, 0.15) is 12.2 Å². The molecular formula is C19H29N5. The maximum atomic E-state index is 4.64. The van der Waals surface area contributed by atoms with Gasteiger partial charge in [0.05, 0.1) is 12.1 Å². The largest absolute Gasteiger partial charge is 0.307 e. The topological polar surface area (TPSA) is 55.6 Å². The van der Waals surface area contributed by atoms with E-state index in [2.05, 4.69) is 54.1 Å². The lowest BCUT2D eigenvalue weighted by molar-refractivity contribution is 0.310. The molecule has 1 aliphatic carbocycles. The fraction of sp³-hybridized carbons (Fsp3) is 0.632. The van der Waals surface area contributed by atoms with E-state index < -0.39 is 0 Å². The zero-order valence-corrected chi connectivity index (χ0v) is 15.3. The van der Waals surface area contributed by atoms with Crippen LogP contribution in [0.15, 0.2) is 24.7 Å². The Morgan fingerprint density at radius 3 is 2.83 bits per heavy atom. The van der Waals surface area contributed by atoms with Crippen LogP contribution in [0.1, 0.15) is 69.5 Å². The molecule has 2 heterocycles. The van der Waals surface area contributed by atoms with Gasteiger partial charge in [-0.3, -0.25) is 4.98 Å². The highest BCUT2D eigenvalue weighted by Gasteiger charge is 2.26. The minimum atomic E-state index is -0.0340. The highest BCUT2D eigenvalue weighted by molar-refractivity contribution is 5.22. The summed E-state index contributed by atoms with van der Waals surface area (Å²) >= 11 is 0. The van der Waals surface area contributed by atoms with Crippen LogP contribution in [0.25, 0.3) is 0 Å². The van der Waals surface area contributed by atoms with E-state index in [0.29, 0.717) is 12.0 Å². The van der Waals surface area contributed by atoms with Crippen molar-refractivity contribution in [2.75, 3.05) is 0 Å². The van der Waals surface area contributed by atoms with Crippen LogP contribution < -0.4 is 5.32 Å². The van der Waals surface area contributed by atoms with Crippen molar-refractivity contribution in [3.63, 3.8) is 0 Å². The number of nitrogens with zero attached hydrogens (tertiary/aromatic N) is 4. The lowest BCUT2D eigenvalue weighted by Gasteiger charge is -2.30. The van der Waals surface area contributed by atoms with E-state index in [4.69, 9.17) is 0 Å². The molecule has 0 radical (unpaired) electrons. The molecule has 1 aliphatic rings. The number of aromatic nitrogens is 4. The first kappa shape index (κ1) is 17.1. The maximum Gasteiger partial charge on any atom is 0.141 e. The first-order valence-electron chi connectivity index (χ1n) is 8.99. The molecule has 2 atom stereocenters. The monoisotopic (exact) mass is 327 g/mol. The molecule has 1 fully saturated rings. The zero-order valence-electron chi connectivity index (χ0n) is 15.3. The van der Waals surface area contributed by atoms with Crippen LogP contribution in [0.5, 0.6) is 0 Å². The summed E-state index contributed by atoms with van der Waals surface area (Å²) < 4.78 is 2.02. The molecule has 130 valence electrons. The van der Waals surface area contributed by atoms with Gasteiger partial charge >= 0.3 is 0 Å². The number of nitrogens with one attached hydrogen (secondary N) is 1. The summed E-state index contributed by atoms with van der Waals surface area (Å²) in [6.07, 6.45) is 8.46. The highest BCUT2D eigenvalue weighted by atomic mass is 15.4. The van der Waals surface area contributed by atoms with Crippen LogP contribution in [0.3, 0.4) is 0 Å². The van der Waals surface area contributed by atoms with Gasteiger partial charge in [-0.1, -0.05) is 12.5 Å². The molecular weight excluding hydrogens is 298 g/mol. The fourth-order valence-electron chi connectivity index (χ4n) is 3.73. The van der Waals surface area contributed by atoms with Crippen molar-refractivity contribution in [1.29, 1.82) is 0 Å². The Labute approximate surface area is 144 Å². The van der Waals surface area contributed by atoms with E-state index in [-0.39, 0.29) is 5.54 Å². The number of hydrogen-bond acceptors (Lipinski definition) is 4. The van der Waals surface area contributed by atoms with Crippen LogP contribution in [0, 0.1) is 6.92 Å². The summed E-state index contributed by atoms with van der Waals surface area (Å²) in [5.74, 6) is 1.58. The molecule has 0 saturated heterocycles. The average Bonchev–Trinajstić information content (AvgIpc) is 3.02. The van der Waals surface area contributed by atoms with Crippen LogP contribution in [-0.2, 0) is 12.1 Å². The predicted molar refractivity (Wildman–Crippen MR) is 95.8 cm³/mol. The molecule has 5 nitrogen and oxygen atoms in total. The third-order valence-electron chi connectivity index (χ3n) is 4.91. The van der Waals surface area contributed by atoms with Crippen molar-refractivity contribution >= 4 is 0 Å². The third-order valence-corrected chi connectivity index (χ3v) is 4.91. The second-order valence-corrected chi connectivity index (χ2v) is 7.91. The Balaban J connectivity index is 1.63. The maximum absolute atomic E-state index is 4.64. The van der Waals surface area contributed by atoms with Crippen molar-refractivity contribution in [3.8, 4) is 0 Å². The minimum Gasteiger partial charge on any atom is -0.307 e. The second kappa shape index (κ2) is 7.01. The average molecular weight is 327 g/mol. The number of rotatable bonds is 4. The summed E-state index contributed by atoms with van der Waals surface area (Å²) in [6.45, 7) is 9.42. The molecule has 1 saturated carbocycles. The minimum absolute atomic E-state index is 0.0340. The van der Waals surface area contributed by atoms with Gasteiger partial charge in [0.25, 0.3) is 0 Å². The van der Waals surface area contributed by atoms with Gasteiger partial charge in [0, 0.05) is 23.9 Å². The molecule has 5 heteroatoms. The molecule has 0 bridgehead atoms. The van der Waals surface area contributed by atoms with E-state index in [9.17, 15) is 0 Å². The Morgan fingerprint density at radius 1 is 1.25 bits per heavy atom. The van der Waals surface area contributed by atoms with Crippen LogP contribution in [0.2, 0.25) is 0 Å². The van der Waals surface area contributed by atoms with Crippen LogP contribution >= 0.6 is 0 Å². The summed E-state index contributed by atoms with van der Waals surface area (Å²) in [7, 11) is 0. The first-order valence-corrected chi connectivity index (χ1v) is 8.99. The number of pyridine rings is 1. The zero-order chi connectivity index (χ0) is 17.2. The molecule has 0 aromatic carbocycles. The van der Waals surface area contributed by atoms with Gasteiger partial charge in [-0.05, 0) is 58.6 Å². The lowest BCUT2D eigenvalue weighted by atomic mass is 9.82. The molecule has 3 rings (SSSR count). The Morgan fingerprint density at radius 2 is 2.08 bits per heavy atom. The second-order valence-electron chi connectivity index (χ2n) is 7.91. The van der Waals surface area contributed by atoms with Crippen molar-refractivity contribution in [3.05, 3.63) is 41.7 Å². The van der Waals surface area contributed by atoms with E-state index in [1.165, 1.54) is 30.5 Å². The lowest BCUT2D eigenvalue weighted by Crippen LogP contribution is -2.35. The fourth-order valence-corrected chi connectivity index (χ4v) is 3.73. The molecule has 2 aromatic heterocycles. The molecule has 0 amide bonds. The van der Waals surface area contributed by atoms with Crippen molar-refractivity contribution in [2.24, 2.45) is 0 Å². The van der Waals surface area contributed by atoms with E-state index >= 15 is 0 Å². The SMILES string of the molecule is Cc1cccnc1[C@@H]1CCC[C@H](NCc2ncnn2C(C)(C)C)C1. The molecule has 24 heavy (non-hydrogen) atoms. The molecule has 1 N–H and O–H groups in total. The highest BCUT2D eigenvalue weighted by Crippen LogP contribution is 2.33. The Kier molecular flexibility index (Phi) is 4.99. The third kappa shape index (κ3) is 3.83. The van der Waals surface area contributed by atoms with Gasteiger partial charge in [-0.2, -0.15) is 5.10 Å². The molecule has 0 aliphatic heterocycles. The van der Waals surface area contributed by atoms with Gasteiger partial charge in [0.2, 0.25) is 0 Å². The van der Waals surface area contributed by atoms with E-state index in [0.717, 1.165) is 18.8 Å². The summed E-state index contributed by atoms with van der Waals surface area (Å²) in [5.41, 5.74) is 2.56. The van der Waals surface area contributed by atoms with Gasteiger partial charge in [-0.15, -0.1) is 0 Å². The molecule has 0 unspecified atom stereocenters. The van der Waals surface area contributed by atoms with Crippen molar-refractivity contribution in [1.82, 2.24) is 25.1 Å². The van der Waals surface area contributed by atoms with E-state index in [1.807, 2.05) is 16.9 Å². The van der Waals surface area contributed by atoms with Gasteiger partial charge < -0.3 is 5.32 Å². The van der Waals surface area contributed by atoms with Crippen molar-refractivity contribution < 1.29 is 0 Å².